The predicted octanol–water partition coefficient (Wildman–Crippen LogP) is 2.21. The number of hydrogen-bond donors (Lipinski definition) is 2. The van der Waals surface area contributed by atoms with Gasteiger partial charge in [-0.1, -0.05) is 38.1 Å². The molecule has 2 aliphatic rings. The molecule has 4 heteroatoms. The average molecular weight is 300 g/mol. The maximum absolute atomic E-state index is 4.40. The molecular formula is C18H28N4. The molecule has 1 fully saturated rings. The fourth-order valence-corrected chi connectivity index (χ4v) is 3.74. The van der Waals surface area contributed by atoms with E-state index in [4.69, 9.17) is 0 Å². The molecule has 0 amide bonds. The molecule has 2 atom stereocenters. The van der Waals surface area contributed by atoms with Crippen molar-refractivity contribution in [3.8, 4) is 0 Å². The average Bonchev–Trinajstić information content (AvgIpc) is 2.98. The summed E-state index contributed by atoms with van der Waals surface area (Å²) in [6.07, 6.45) is 1.37. The van der Waals surface area contributed by atoms with E-state index in [2.05, 4.69) is 58.6 Å². The van der Waals surface area contributed by atoms with E-state index in [-0.39, 0.29) is 0 Å². The standard InChI is InChI=1S/C18H28N4/c1-14-9-15(2)12-22(11-14)13-17-6-4-3-5-16(17)10-21-18-19-7-8-20-18/h3-6,14-15H,7-13H2,1-2H3,(H2,19,20,21)/t14-,15-/m0/s1. The summed E-state index contributed by atoms with van der Waals surface area (Å²) < 4.78 is 0. The SMILES string of the molecule is C[C@H]1C[C@H](C)CN(Cc2ccccc2CNC2=NCCN2)C1. The van der Waals surface area contributed by atoms with Crippen LogP contribution in [0.25, 0.3) is 0 Å². The summed E-state index contributed by atoms with van der Waals surface area (Å²) in [5.74, 6) is 2.56. The van der Waals surface area contributed by atoms with Crippen molar-refractivity contribution in [1.82, 2.24) is 15.5 Å². The van der Waals surface area contributed by atoms with Gasteiger partial charge in [-0.3, -0.25) is 9.89 Å². The maximum Gasteiger partial charge on any atom is 0.191 e. The molecule has 0 radical (unpaired) electrons. The van der Waals surface area contributed by atoms with Gasteiger partial charge in [0.2, 0.25) is 0 Å². The van der Waals surface area contributed by atoms with Crippen LogP contribution < -0.4 is 10.6 Å². The van der Waals surface area contributed by atoms with Gasteiger partial charge >= 0.3 is 0 Å². The molecule has 2 heterocycles. The van der Waals surface area contributed by atoms with Gasteiger partial charge in [0, 0.05) is 32.7 Å². The summed E-state index contributed by atoms with van der Waals surface area (Å²) in [6, 6.07) is 8.78. The van der Waals surface area contributed by atoms with Crippen LogP contribution in [0.1, 0.15) is 31.4 Å². The third-order valence-electron chi connectivity index (χ3n) is 4.58. The lowest BCUT2D eigenvalue weighted by atomic mass is 9.91. The van der Waals surface area contributed by atoms with E-state index >= 15 is 0 Å². The smallest absolute Gasteiger partial charge is 0.191 e. The molecule has 2 aliphatic heterocycles. The number of nitrogens with zero attached hydrogens (tertiary/aromatic N) is 2. The summed E-state index contributed by atoms with van der Waals surface area (Å²) in [5.41, 5.74) is 2.82. The molecule has 0 aliphatic carbocycles. The van der Waals surface area contributed by atoms with Crippen molar-refractivity contribution in [2.45, 2.75) is 33.4 Å². The largest absolute Gasteiger partial charge is 0.355 e. The number of benzene rings is 1. The molecule has 0 aromatic heterocycles. The number of piperidine rings is 1. The van der Waals surface area contributed by atoms with Gasteiger partial charge in [-0.05, 0) is 29.4 Å². The van der Waals surface area contributed by atoms with Crippen LogP contribution in [0.3, 0.4) is 0 Å². The second-order valence-corrected chi connectivity index (χ2v) is 6.92. The van der Waals surface area contributed by atoms with E-state index < -0.39 is 0 Å². The normalized spacial score (nSPS) is 25.6. The van der Waals surface area contributed by atoms with Crippen molar-refractivity contribution < 1.29 is 0 Å². The Labute approximate surface area is 134 Å². The van der Waals surface area contributed by atoms with Crippen molar-refractivity contribution in [2.24, 2.45) is 16.8 Å². The third kappa shape index (κ3) is 4.01. The Morgan fingerprint density at radius 3 is 2.59 bits per heavy atom. The first-order valence-electron chi connectivity index (χ1n) is 8.52. The van der Waals surface area contributed by atoms with Gasteiger partial charge in [0.25, 0.3) is 0 Å². The minimum atomic E-state index is 0.811. The highest BCUT2D eigenvalue weighted by Gasteiger charge is 2.22. The van der Waals surface area contributed by atoms with E-state index in [1.807, 2.05) is 0 Å². The Morgan fingerprint density at radius 2 is 1.91 bits per heavy atom. The van der Waals surface area contributed by atoms with Gasteiger partial charge in [-0.25, -0.2) is 0 Å². The van der Waals surface area contributed by atoms with Crippen LogP contribution in [0.4, 0.5) is 0 Å². The van der Waals surface area contributed by atoms with Crippen molar-refractivity contribution in [2.75, 3.05) is 26.2 Å². The van der Waals surface area contributed by atoms with Gasteiger partial charge < -0.3 is 10.6 Å². The molecule has 0 unspecified atom stereocenters. The fraction of sp³-hybridized carbons (Fsp3) is 0.611. The zero-order valence-corrected chi connectivity index (χ0v) is 13.8. The van der Waals surface area contributed by atoms with Crippen molar-refractivity contribution >= 4 is 5.96 Å². The minimum Gasteiger partial charge on any atom is -0.355 e. The molecule has 0 saturated carbocycles. The van der Waals surface area contributed by atoms with Crippen LogP contribution in [0, 0.1) is 11.8 Å². The van der Waals surface area contributed by atoms with Crippen LogP contribution in [0.2, 0.25) is 0 Å². The number of nitrogens with one attached hydrogen (secondary N) is 2. The first kappa shape index (κ1) is 15.3. The van der Waals surface area contributed by atoms with Crippen LogP contribution >= 0.6 is 0 Å². The Balaban J connectivity index is 1.62. The van der Waals surface area contributed by atoms with Crippen molar-refractivity contribution in [1.29, 1.82) is 0 Å². The lowest BCUT2D eigenvalue weighted by Crippen LogP contribution is -2.38. The molecule has 3 rings (SSSR count). The van der Waals surface area contributed by atoms with Crippen molar-refractivity contribution in [3.63, 3.8) is 0 Å². The highest BCUT2D eigenvalue weighted by atomic mass is 15.2. The van der Waals surface area contributed by atoms with Crippen molar-refractivity contribution in [3.05, 3.63) is 35.4 Å². The molecule has 22 heavy (non-hydrogen) atoms. The summed E-state index contributed by atoms with van der Waals surface area (Å²) in [5, 5.41) is 6.68. The number of rotatable bonds is 4. The molecule has 1 saturated heterocycles. The molecule has 1 aromatic rings. The summed E-state index contributed by atoms with van der Waals surface area (Å²) in [7, 11) is 0. The molecule has 120 valence electrons. The summed E-state index contributed by atoms with van der Waals surface area (Å²) >= 11 is 0. The summed E-state index contributed by atoms with van der Waals surface area (Å²) in [6.45, 7) is 10.9. The van der Waals surface area contributed by atoms with E-state index in [0.29, 0.717) is 0 Å². The quantitative estimate of drug-likeness (QED) is 0.895. The molecular weight excluding hydrogens is 272 g/mol. The van der Waals surface area contributed by atoms with Gasteiger partial charge in [-0.2, -0.15) is 0 Å². The molecule has 1 aromatic carbocycles. The van der Waals surface area contributed by atoms with E-state index in [0.717, 1.165) is 44.0 Å². The van der Waals surface area contributed by atoms with E-state index in [1.165, 1.54) is 30.6 Å². The first-order chi connectivity index (χ1) is 10.7. The second kappa shape index (κ2) is 7.14. The number of hydrogen-bond acceptors (Lipinski definition) is 4. The predicted molar refractivity (Wildman–Crippen MR) is 91.8 cm³/mol. The van der Waals surface area contributed by atoms with Crippen LogP contribution in [-0.4, -0.2) is 37.0 Å². The maximum atomic E-state index is 4.40. The fourth-order valence-electron chi connectivity index (χ4n) is 3.74. The minimum absolute atomic E-state index is 0.811. The van der Waals surface area contributed by atoms with Gasteiger partial charge in [0.1, 0.15) is 0 Å². The zero-order chi connectivity index (χ0) is 15.4. The zero-order valence-electron chi connectivity index (χ0n) is 13.8. The highest BCUT2D eigenvalue weighted by molar-refractivity contribution is 5.81. The third-order valence-corrected chi connectivity index (χ3v) is 4.58. The monoisotopic (exact) mass is 300 g/mol. The molecule has 0 bridgehead atoms. The van der Waals surface area contributed by atoms with Gasteiger partial charge in [-0.15, -0.1) is 0 Å². The second-order valence-electron chi connectivity index (χ2n) is 6.92. The summed E-state index contributed by atoms with van der Waals surface area (Å²) in [4.78, 5) is 7.01. The number of likely N-dealkylation sites (tertiary alicyclic amines) is 1. The Hall–Kier alpha value is -1.55. The molecule has 4 nitrogen and oxygen atoms in total. The molecule has 0 spiro atoms. The van der Waals surface area contributed by atoms with Gasteiger partial charge in [0.15, 0.2) is 5.96 Å². The number of guanidine groups is 1. The van der Waals surface area contributed by atoms with Crippen LogP contribution in [0.5, 0.6) is 0 Å². The Morgan fingerprint density at radius 1 is 1.18 bits per heavy atom. The van der Waals surface area contributed by atoms with E-state index in [9.17, 15) is 0 Å². The van der Waals surface area contributed by atoms with E-state index in [1.54, 1.807) is 0 Å². The highest BCUT2D eigenvalue weighted by Crippen LogP contribution is 2.23. The Bertz CT molecular complexity index is 516. The van der Waals surface area contributed by atoms with Crippen LogP contribution in [-0.2, 0) is 13.1 Å². The lowest BCUT2D eigenvalue weighted by molar-refractivity contribution is 0.134. The topological polar surface area (TPSA) is 39.7 Å². The van der Waals surface area contributed by atoms with Gasteiger partial charge in [0.05, 0.1) is 6.54 Å². The Kier molecular flexibility index (Phi) is 4.98. The number of aliphatic imine (C=N–C) groups is 1. The lowest BCUT2D eigenvalue weighted by Gasteiger charge is -2.35. The van der Waals surface area contributed by atoms with Crippen LogP contribution in [0.15, 0.2) is 29.3 Å². The molecule has 2 N–H and O–H groups in total. The first-order valence-corrected chi connectivity index (χ1v) is 8.52.